The SMILES string of the molecule is CS(=O)(=O)N1CCC2(CC1)OCCC2CCOc1ncccc1F. The normalized spacial score (nSPS) is 24.3. The first-order chi connectivity index (χ1) is 11.4. The zero-order chi connectivity index (χ0) is 17.2. The van der Waals surface area contributed by atoms with Gasteiger partial charge in [-0.05, 0) is 43.7 Å². The molecule has 0 bridgehead atoms. The molecule has 8 heteroatoms. The van der Waals surface area contributed by atoms with Crippen LogP contribution < -0.4 is 4.74 Å². The van der Waals surface area contributed by atoms with E-state index in [4.69, 9.17) is 9.47 Å². The summed E-state index contributed by atoms with van der Waals surface area (Å²) in [5, 5.41) is 0. The second-order valence-electron chi connectivity index (χ2n) is 6.49. The van der Waals surface area contributed by atoms with Gasteiger partial charge in [0.25, 0.3) is 0 Å². The third kappa shape index (κ3) is 3.70. The molecule has 2 saturated heterocycles. The number of hydrogen-bond acceptors (Lipinski definition) is 5. The van der Waals surface area contributed by atoms with Gasteiger partial charge in [-0.15, -0.1) is 0 Å². The van der Waals surface area contributed by atoms with Crippen LogP contribution in [0.15, 0.2) is 18.3 Å². The predicted molar refractivity (Wildman–Crippen MR) is 86.7 cm³/mol. The molecular weight excluding hydrogens is 335 g/mol. The molecule has 2 aliphatic heterocycles. The fraction of sp³-hybridized carbons (Fsp3) is 0.688. The molecule has 2 aliphatic rings. The highest BCUT2D eigenvalue weighted by Gasteiger charge is 2.46. The lowest BCUT2D eigenvalue weighted by atomic mass is 9.78. The van der Waals surface area contributed by atoms with Crippen LogP contribution in [0.2, 0.25) is 0 Å². The van der Waals surface area contributed by atoms with Crippen LogP contribution in [0.4, 0.5) is 4.39 Å². The van der Waals surface area contributed by atoms with Gasteiger partial charge in [0, 0.05) is 25.9 Å². The van der Waals surface area contributed by atoms with E-state index in [1.54, 1.807) is 0 Å². The minimum absolute atomic E-state index is 0.0253. The summed E-state index contributed by atoms with van der Waals surface area (Å²) in [6.45, 7) is 2.04. The molecule has 134 valence electrons. The van der Waals surface area contributed by atoms with Crippen LogP contribution in [0, 0.1) is 11.7 Å². The van der Waals surface area contributed by atoms with Crippen molar-refractivity contribution in [1.29, 1.82) is 0 Å². The minimum atomic E-state index is -3.14. The Morgan fingerprint density at radius 1 is 1.46 bits per heavy atom. The van der Waals surface area contributed by atoms with E-state index >= 15 is 0 Å². The van der Waals surface area contributed by atoms with Gasteiger partial charge in [0.2, 0.25) is 15.9 Å². The van der Waals surface area contributed by atoms with E-state index in [1.807, 2.05) is 0 Å². The van der Waals surface area contributed by atoms with E-state index in [9.17, 15) is 12.8 Å². The van der Waals surface area contributed by atoms with Gasteiger partial charge in [0.05, 0.1) is 18.5 Å². The van der Waals surface area contributed by atoms with Gasteiger partial charge < -0.3 is 9.47 Å². The van der Waals surface area contributed by atoms with Crippen LogP contribution in [0.5, 0.6) is 5.88 Å². The third-order valence-electron chi connectivity index (χ3n) is 5.07. The first kappa shape index (κ1) is 17.6. The summed E-state index contributed by atoms with van der Waals surface area (Å²) < 4.78 is 49.8. The maximum atomic E-state index is 13.5. The van der Waals surface area contributed by atoms with Crippen molar-refractivity contribution in [3.8, 4) is 5.88 Å². The Kier molecular flexibility index (Phi) is 5.08. The number of aromatic nitrogens is 1. The Morgan fingerprint density at radius 3 is 2.88 bits per heavy atom. The van der Waals surface area contributed by atoms with Crippen LogP contribution in [0.1, 0.15) is 25.7 Å². The van der Waals surface area contributed by atoms with Crippen LogP contribution >= 0.6 is 0 Å². The van der Waals surface area contributed by atoms with E-state index in [-0.39, 0.29) is 11.5 Å². The Balaban J connectivity index is 1.55. The van der Waals surface area contributed by atoms with Crippen LogP contribution in [-0.2, 0) is 14.8 Å². The second-order valence-corrected chi connectivity index (χ2v) is 8.47. The van der Waals surface area contributed by atoms with E-state index in [0.29, 0.717) is 45.1 Å². The highest BCUT2D eigenvalue weighted by Crippen LogP contribution is 2.42. The standard InChI is InChI=1S/C16H23FN2O4S/c1-24(20,21)19-9-6-16(7-10-19)13(5-12-23-16)4-11-22-15-14(17)3-2-8-18-15/h2-3,8,13H,4-7,9-12H2,1H3. The molecule has 1 unspecified atom stereocenters. The molecule has 0 saturated carbocycles. The van der Waals surface area contributed by atoms with E-state index in [1.165, 1.54) is 28.9 Å². The first-order valence-corrected chi connectivity index (χ1v) is 10.1. The lowest BCUT2D eigenvalue weighted by molar-refractivity contribution is -0.0589. The van der Waals surface area contributed by atoms with Crippen LogP contribution in [0.25, 0.3) is 0 Å². The first-order valence-electron chi connectivity index (χ1n) is 8.23. The Labute approximate surface area is 142 Å². The van der Waals surface area contributed by atoms with Crippen molar-refractivity contribution < 1.29 is 22.3 Å². The third-order valence-corrected chi connectivity index (χ3v) is 6.37. The number of hydrogen-bond donors (Lipinski definition) is 0. The quantitative estimate of drug-likeness (QED) is 0.803. The van der Waals surface area contributed by atoms with Gasteiger partial charge in [-0.2, -0.15) is 0 Å². The molecule has 0 amide bonds. The van der Waals surface area contributed by atoms with Crippen molar-refractivity contribution >= 4 is 10.0 Å². The lowest BCUT2D eigenvalue weighted by Gasteiger charge is -2.41. The number of nitrogens with zero attached hydrogens (tertiary/aromatic N) is 2. The molecule has 3 rings (SSSR count). The Morgan fingerprint density at radius 2 is 2.21 bits per heavy atom. The number of sulfonamides is 1. The lowest BCUT2D eigenvalue weighted by Crippen LogP contribution is -2.49. The predicted octanol–water partition coefficient (Wildman–Crippen LogP) is 1.82. The van der Waals surface area contributed by atoms with E-state index in [0.717, 1.165) is 12.8 Å². The fourth-order valence-corrected chi connectivity index (χ4v) is 4.56. The van der Waals surface area contributed by atoms with Crippen molar-refractivity contribution in [1.82, 2.24) is 9.29 Å². The van der Waals surface area contributed by atoms with Crippen LogP contribution in [0.3, 0.4) is 0 Å². The smallest absolute Gasteiger partial charge is 0.250 e. The van der Waals surface area contributed by atoms with Gasteiger partial charge in [0.15, 0.2) is 5.82 Å². The van der Waals surface area contributed by atoms with Crippen molar-refractivity contribution in [2.24, 2.45) is 5.92 Å². The average molecular weight is 358 g/mol. The summed E-state index contributed by atoms with van der Waals surface area (Å²) in [7, 11) is -3.14. The molecule has 0 radical (unpaired) electrons. The van der Waals surface area contributed by atoms with Gasteiger partial charge in [0.1, 0.15) is 0 Å². The van der Waals surface area contributed by atoms with Crippen molar-refractivity contribution in [2.45, 2.75) is 31.3 Å². The molecule has 1 aromatic heterocycles. The van der Waals surface area contributed by atoms with Crippen molar-refractivity contribution in [3.63, 3.8) is 0 Å². The molecule has 24 heavy (non-hydrogen) atoms. The molecule has 1 spiro atoms. The zero-order valence-corrected chi connectivity index (χ0v) is 14.6. The number of ether oxygens (including phenoxy) is 2. The van der Waals surface area contributed by atoms with Crippen molar-refractivity contribution in [2.75, 3.05) is 32.6 Å². The summed E-state index contributed by atoms with van der Waals surface area (Å²) in [6, 6.07) is 2.85. The Hall–Kier alpha value is -1.25. The number of piperidine rings is 1. The molecule has 2 fully saturated rings. The summed E-state index contributed by atoms with van der Waals surface area (Å²) in [5.74, 6) is -0.139. The topological polar surface area (TPSA) is 68.7 Å². The number of halogens is 1. The Bertz CT molecular complexity index is 674. The maximum absolute atomic E-state index is 13.5. The molecule has 0 N–H and O–H groups in total. The summed E-state index contributed by atoms with van der Waals surface area (Å²) in [5.41, 5.74) is -0.271. The molecule has 0 aromatic carbocycles. The molecule has 1 atom stereocenters. The van der Waals surface area contributed by atoms with Gasteiger partial charge in [-0.3, -0.25) is 0 Å². The zero-order valence-electron chi connectivity index (χ0n) is 13.8. The summed E-state index contributed by atoms with van der Waals surface area (Å²) in [6.07, 6.45) is 5.81. The summed E-state index contributed by atoms with van der Waals surface area (Å²) in [4.78, 5) is 3.88. The molecule has 1 aromatic rings. The second kappa shape index (κ2) is 6.93. The molecular formula is C16H23FN2O4S. The van der Waals surface area contributed by atoms with Gasteiger partial charge >= 0.3 is 0 Å². The maximum Gasteiger partial charge on any atom is 0.250 e. The molecule has 0 aliphatic carbocycles. The van der Waals surface area contributed by atoms with Crippen LogP contribution in [-0.4, -0.2) is 55.9 Å². The minimum Gasteiger partial charge on any atom is -0.476 e. The van der Waals surface area contributed by atoms with Crippen molar-refractivity contribution in [3.05, 3.63) is 24.1 Å². The summed E-state index contributed by atoms with van der Waals surface area (Å²) >= 11 is 0. The fourth-order valence-electron chi connectivity index (χ4n) is 3.72. The average Bonchev–Trinajstić information content (AvgIpc) is 2.91. The van der Waals surface area contributed by atoms with Gasteiger partial charge in [-0.25, -0.2) is 22.1 Å². The number of pyridine rings is 1. The van der Waals surface area contributed by atoms with E-state index < -0.39 is 15.8 Å². The van der Waals surface area contributed by atoms with E-state index in [2.05, 4.69) is 4.98 Å². The number of rotatable bonds is 5. The monoisotopic (exact) mass is 358 g/mol. The van der Waals surface area contributed by atoms with Gasteiger partial charge in [-0.1, -0.05) is 0 Å². The molecule has 3 heterocycles. The molecule has 6 nitrogen and oxygen atoms in total. The largest absolute Gasteiger partial charge is 0.476 e. The highest BCUT2D eigenvalue weighted by molar-refractivity contribution is 7.88. The highest BCUT2D eigenvalue weighted by atomic mass is 32.2.